The normalized spacial score (nSPS) is 11.5. The Hall–Kier alpha value is -2.04. The monoisotopic (exact) mass is 358 g/mol. The highest BCUT2D eigenvalue weighted by Gasteiger charge is 2.17. The van der Waals surface area contributed by atoms with Gasteiger partial charge < -0.3 is 0 Å². The van der Waals surface area contributed by atoms with E-state index in [0.29, 0.717) is 9.90 Å². The van der Waals surface area contributed by atoms with E-state index < -0.39 is 0 Å². The van der Waals surface area contributed by atoms with Crippen molar-refractivity contribution in [2.75, 3.05) is 5.43 Å². The lowest BCUT2D eigenvalue weighted by Crippen LogP contribution is -2.28. The summed E-state index contributed by atoms with van der Waals surface area (Å²) < 4.78 is 1.00. The standard InChI is InChI=1S/C19H19ClN2OS/c1-19(2,3)12-8-10-13(11-9-12)21-22-18(23)17-16(20)14-6-4-5-7-15(14)24-17/h4-11,21H,1-3H3,(H,22,23). The maximum atomic E-state index is 12.4. The number of hydrogen-bond donors (Lipinski definition) is 2. The van der Waals surface area contributed by atoms with Crippen molar-refractivity contribution in [2.24, 2.45) is 0 Å². The van der Waals surface area contributed by atoms with E-state index in [9.17, 15) is 4.79 Å². The van der Waals surface area contributed by atoms with Gasteiger partial charge in [0.2, 0.25) is 0 Å². The minimum atomic E-state index is -0.235. The number of hydrogen-bond acceptors (Lipinski definition) is 3. The molecular weight excluding hydrogens is 340 g/mol. The molecule has 2 aromatic carbocycles. The SMILES string of the molecule is CC(C)(C)c1ccc(NNC(=O)c2sc3ccccc3c2Cl)cc1. The van der Waals surface area contributed by atoms with Gasteiger partial charge in [0, 0.05) is 10.1 Å². The molecule has 1 aromatic heterocycles. The molecule has 2 N–H and O–H groups in total. The average Bonchev–Trinajstić information content (AvgIpc) is 2.90. The summed E-state index contributed by atoms with van der Waals surface area (Å²) in [6.45, 7) is 6.50. The Kier molecular flexibility index (Phi) is 4.52. The molecular formula is C19H19ClN2OS. The van der Waals surface area contributed by atoms with E-state index in [1.165, 1.54) is 16.9 Å². The summed E-state index contributed by atoms with van der Waals surface area (Å²) >= 11 is 7.72. The van der Waals surface area contributed by atoms with Crippen LogP contribution in [0.4, 0.5) is 5.69 Å². The van der Waals surface area contributed by atoms with Crippen LogP contribution in [0.15, 0.2) is 48.5 Å². The van der Waals surface area contributed by atoms with Crippen LogP contribution in [0.5, 0.6) is 0 Å². The number of nitrogens with one attached hydrogen (secondary N) is 2. The summed E-state index contributed by atoms with van der Waals surface area (Å²) in [6.07, 6.45) is 0. The first-order valence-corrected chi connectivity index (χ1v) is 8.89. The topological polar surface area (TPSA) is 41.1 Å². The zero-order valence-corrected chi connectivity index (χ0v) is 15.4. The lowest BCUT2D eigenvalue weighted by Gasteiger charge is -2.19. The van der Waals surface area contributed by atoms with Crippen molar-refractivity contribution < 1.29 is 4.79 Å². The van der Waals surface area contributed by atoms with Crippen LogP contribution in [0.3, 0.4) is 0 Å². The second kappa shape index (κ2) is 6.46. The molecule has 0 saturated heterocycles. The molecule has 24 heavy (non-hydrogen) atoms. The average molecular weight is 359 g/mol. The van der Waals surface area contributed by atoms with Gasteiger partial charge in [0.05, 0.1) is 10.7 Å². The number of amides is 1. The van der Waals surface area contributed by atoms with Gasteiger partial charge in [-0.15, -0.1) is 11.3 Å². The van der Waals surface area contributed by atoms with Gasteiger partial charge in [0.25, 0.3) is 5.91 Å². The van der Waals surface area contributed by atoms with E-state index in [2.05, 4.69) is 43.8 Å². The smallest absolute Gasteiger partial charge is 0.281 e. The molecule has 3 aromatic rings. The van der Waals surface area contributed by atoms with Crippen molar-refractivity contribution in [2.45, 2.75) is 26.2 Å². The first kappa shape index (κ1) is 16.8. The van der Waals surface area contributed by atoms with Crippen molar-refractivity contribution >= 4 is 44.6 Å². The van der Waals surface area contributed by atoms with Crippen LogP contribution in [0, 0.1) is 0 Å². The predicted molar refractivity (Wildman–Crippen MR) is 103 cm³/mol. The molecule has 1 heterocycles. The Bertz CT molecular complexity index is 879. The zero-order chi connectivity index (χ0) is 17.3. The van der Waals surface area contributed by atoms with Crippen molar-refractivity contribution in [3.63, 3.8) is 0 Å². The Balaban J connectivity index is 1.72. The number of fused-ring (bicyclic) bond motifs is 1. The van der Waals surface area contributed by atoms with Crippen LogP contribution in [0.1, 0.15) is 36.0 Å². The van der Waals surface area contributed by atoms with Gasteiger partial charge in [0.1, 0.15) is 4.88 Å². The quantitative estimate of drug-likeness (QED) is 0.597. The fourth-order valence-electron chi connectivity index (χ4n) is 2.40. The molecule has 3 nitrogen and oxygen atoms in total. The zero-order valence-electron chi connectivity index (χ0n) is 13.8. The van der Waals surface area contributed by atoms with Crippen molar-refractivity contribution in [1.82, 2.24) is 5.43 Å². The number of benzene rings is 2. The highest BCUT2D eigenvalue weighted by Crippen LogP contribution is 2.35. The summed E-state index contributed by atoms with van der Waals surface area (Å²) in [5.41, 5.74) is 7.83. The molecule has 0 bridgehead atoms. The molecule has 0 spiro atoms. The maximum absolute atomic E-state index is 12.4. The number of carbonyl (C=O) groups excluding carboxylic acids is 1. The Morgan fingerprint density at radius 2 is 1.71 bits per heavy atom. The number of thiophene rings is 1. The fraction of sp³-hybridized carbons (Fsp3) is 0.211. The second-order valence-corrected chi connectivity index (χ2v) is 8.08. The molecule has 0 aliphatic carbocycles. The molecule has 0 aliphatic heterocycles. The van der Waals surface area contributed by atoms with Crippen LogP contribution in [0.2, 0.25) is 5.02 Å². The van der Waals surface area contributed by atoms with E-state index in [0.717, 1.165) is 15.8 Å². The third-order valence-electron chi connectivity index (χ3n) is 3.81. The maximum Gasteiger partial charge on any atom is 0.281 e. The van der Waals surface area contributed by atoms with Gasteiger partial charge in [0.15, 0.2) is 0 Å². The Morgan fingerprint density at radius 1 is 1.04 bits per heavy atom. The van der Waals surface area contributed by atoms with Gasteiger partial charge >= 0.3 is 0 Å². The molecule has 0 atom stereocenters. The van der Waals surface area contributed by atoms with E-state index in [4.69, 9.17) is 11.6 Å². The van der Waals surface area contributed by atoms with Gasteiger partial charge in [-0.3, -0.25) is 15.6 Å². The van der Waals surface area contributed by atoms with Crippen LogP contribution >= 0.6 is 22.9 Å². The predicted octanol–water partition coefficient (Wildman–Crippen LogP) is 5.61. The number of rotatable bonds is 3. The van der Waals surface area contributed by atoms with Crippen molar-refractivity contribution in [3.05, 3.63) is 64.0 Å². The second-order valence-electron chi connectivity index (χ2n) is 6.65. The van der Waals surface area contributed by atoms with Crippen molar-refractivity contribution in [3.8, 4) is 0 Å². The number of carbonyl (C=O) groups is 1. The lowest BCUT2D eigenvalue weighted by atomic mass is 9.87. The van der Waals surface area contributed by atoms with Crippen LogP contribution in [-0.4, -0.2) is 5.91 Å². The highest BCUT2D eigenvalue weighted by molar-refractivity contribution is 7.21. The van der Waals surface area contributed by atoms with Crippen molar-refractivity contribution in [1.29, 1.82) is 0 Å². The summed E-state index contributed by atoms with van der Waals surface area (Å²) in [6, 6.07) is 15.7. The van der Waals surface area contributed by atoms with E-state index in [1.807, 2.05) is 36.4 Å². The molecule has 0 fully saturated rings. The van der Waals surface area contributed by atoms with E-state index in [1.54, 1.807) is 0 Å². The van der Waals surface area contributed by atoms with Gasteiger partial charge in [-0.25, -0.2) is 0 Å². The van der Waals surface area contributed by atoms with Crippen LogP contribution < -0.4 is 10.9 Å². The third-order valence-corrected chi connectivity index (χ3v) is 5.49. The largest absolute Gasteiger partial charge is 0.298 e. The number of hydrazine groups is 1. The Labute approximate surface area is 150 Å². The van der Waals surface area contributed by atoms with E-state index >= 15 is 0 Å². The number of halogens is 1. The lowest BCUT2D eigenvalue weighted by molar-refractivity contribution is 0.0967. The molecule has 1 amide bonds. The van der Waals surface area contributed by atoms with Crippen LogP contribution in [0.25, 0.3) is 10.1 Å². The minimum Gasteiger partial charge on any atom is -0.298 e. The molecule has 0 unspecified atom stereocenters. The first-order chi connectivity index (χ1) is 11.4. The summed E-state index contributed by atoms with van der Waals surface area (Å²) in [4.78, 5) is 12.9. The summed E-state index contributed by atoms with van der Waals surface area (Å²) in [5.74, 6) is -0.235. The highest BCUT2D eigenvalue weighted by atomic mass is 35.5. The van der Waals surface area contributed by atoms with E-state index in [-0.39, 0.29) is 11.3 Å². The molecule has 124 valence electrons. The minimum absolute atomic E-state index is 0.104. The molecule has 0 saturated carbocycles. The Morgan fingerprint density at radius 3 is 2.33 bits per heavy atom. The number of anilines is 1. The fourth-order valence-corrected chi connectivity index (χ4v) is 3.81. The first-order valence-electron chi connectivity index (χ1n) is 7.70. The molecule has 0 aliphatic rings. The van der Waals surface area contributed by atoms with Gasteiger partial charge in [-0.1, -0.05) is 62.7 Å². The summed E-state index contributed by atoms with van der Waals surface area (Å²) in [7, 11) is 0. The van der Waals surface area contributed by atoms with Crippen LogP contribution in [-0.2, 0) is 5.41 Å². The molecule has 0 radical (unpaired) electrons. The third kappa shape index (κ3) is 3.40. The van der Waals surface area contributed by atoms with Gasteiger partial charge in [-0.2, -0.15) is 0 Å². The molecule has 3 rings (SSSR count). The van der Waals surface area contributed by atoms with Gasteiger partial charge in [-0.05, 0) is 29.2 Å². The molecule has 5 heteroatoms. The summed E-state index contributed by atoms with van der Waals surface area (Å²) in [5, 5.41) is 1.40.